The van der Waals surface area contributed by atoms with E-state index in [0.29, 0.717) is 10.9 Å². The zero-order chi connectivity index (χ0) is 17.1. The van der Waals surface area contributed by atoms with Crippen molar-refractivity contribution >= 4 is 48.8 Å². The Balaban J connectivity index is 2.19. The smallest absolute Gasteiger partial charge is 0.258 e. The van der Waals surface area contributed by atoms with Crippen molar-refractivity contribution in [3.8, 4) is 6.07 Å². The van der Waals surface area contributed by atoms with Gasteiger partial charge in [0.25, 0.3) is 5.69 Å². The molecule has 4 heteroatoms. The lowest BCUT2D eigenvalue weighted by molar-refractivity contribution is -0.383. The van der Waals surface area contributed by atoms with E-state index in [1.807, 2.05) is 48.5 Å². The zero-order valence-corrected chi connectivity index (χ0v) is 13.0. The lowest BCUT2D eigenvalue weighted by Gasteiger charge is -2.14. The van der Waals surface area contributed by atoms with Crippen LogP contribution in [0.1, 0.15) is 5.56 Å². The number of rotatable bonds is 1. The van der Waals surface area contributed by atoms with Crippen molar-refractivity contribution < 1.29 is 4.92 Å². The molecule has 0 aliphatic carbocycles. The van der Waals surface area contributed by atoms with Gasteiger partial charge < -0.3 is 0 Å². The molecule has 0 bridgehead atoms. The van der Waals surface area contributed by atoms with Crippen molar-refractivity contribution in [1.29, 1.82) is 5.26 Å². The zero-order valence-electron chi connectivity index (χ0n) is 13.0. The summed E-state index contributed by atoms with van der Waals surface area (Å²) in [6, 6.07) is 21.1. The number of benzene rings is 5. The molecule has 0 fully saturated rings. The maximum Gasteiger partial charge on any atom is 0.277 e. The highest BCUT2D eigenvalue weighted by Gasteiger charge is 2.19. The average Bonchev–Trinajstić information content (AvgIpc) is 2.65. The number of non-ortho nitro benzene ring substituents is 1. The quantitative estimate of drug-likeness (QED) is 0.177. The molecule has 0 unspecified atom stereocenters. The predicted octanol–water partition coefficient (Wildman–Crippen LogP) is 5.52. The first kappa shape index (κ1) is 13.7. The van der Waals surface area contributed by atoms with Gasteiger partial charge >= 0.3 is 0 Å². The Hall–Kier alpha value is -3.71. The van der Waals surface area contributed by atoms with Crippen LogP contribution in [0.15, 0.2) is 60.7 Å². The molecule has 25 heavy (non-hydrogen) atoms. The first-order valence-corrected chi connectivity index (χ1v) is 7.87. The SMILES string of the molecule is N#Cc1c2ccccc2c2ccc3c([N+](=O)[O-])ccc4ccc1c2c43. The van der Waals surface area contributed by atoms with Gasteiger partial charge in [0, 0.05) is 22.2 Å². The molecule has 4 nitrogen and oxygen atoms in total. The molecule has 5 aromatic carbocycles. The van der Waals surface area contributed by atoms with Crippen LogP contribution in [-0.2, 0) is 0 Å². The fraction of sp³-hybridized carbons (Fsp3) is 0. The van der Waals surface area contributed by atoms with E-state index >= 15 is 0 Å². The summed E-state index contributed by atoms with van der Waals surface area (Å²) in [6.45, 7) is 0. The minimum Gasteiger partial charge on any atom is -0.258 e. The van der Waals surface area contributed by atoms with Crippen LogP contribution in [0.2, 0.25) is 0 Å². The summed E-state index contributed by atoms with van der Waals surface area (Å²) in [5.74, 6) is 0. The van der Waals surface area contributed by atoms with E-state index < -0.39 is 0 Å². The van der Waals surface area contributed by atoms with E-state index in [0.717, 1.165) is 37.7 Å². The van der Waals surface area contributed by atoms with Gasteiger partial charge in [-0.3, -0.25) is 10.1 Å². The molecule has 5 aromatic rings. The van der Waals surface area contributed by atoms with Gasteiger partial charge in [-0.05, 0) is 33.7 Å². The van der Waals surface area contributed by atoms with Gasteiger partial charge in [-0.25, -0.2) is 0 Å². The molecule has 0 saturated carbocycles. The maximum absolute atomic E-state index is 11.4. The Labute approximate surface area is 142 Å². The van der Waals surface area contributed by atoms with Gasteiger partial charge in [0.1, 0.15) is 6.07 Å². The van der Waals surface area contributed by atoms with E-state index in [2.05, 4.69) is 6.07 Å². The van der Waals surface area contributed by atoms with Crippen molar-refractivity contribution in [3.05, 3.63) is 76.3 Å². The standard InChI is InChI=1S/C21H10N2O2/c22-11-18-14-4-2-1-3-13(14)15-8-9-17-19(23(24)25)10-6-12-5-7-16(18)21(15)20(12)17/h1-10H. The first-order chi connectivity index (χ1) is 12.2. The lowest BCUT2D eigenvalue weighted by atomic mass is 9.88. The van der Waals surface area contributed by atoms with E-state index in [1.165, 1.54) is 0 Å². The molecular weight excluding hydrogens is 312 g/mol. The molecule has 0 atom stereocenters. The van der Waals surface area contributed by atoms with Crippen LogP contribution in [0.3, 0.4) is 0 Å². The van der Waals surface area contributed by atoms with Gasteiger partial charge in [0.05, 0.1) is 15.9 Å². The summed E-state index contributed by atoms with van der Waals surface area (Å²) in [4.78, 5) is 11.1. The molecule has 0 saturated heterocycles. The van der Waals surface area contributed by atoms with Crippen LogP contribution in [0.25, 0.3) is 43.1 Å². The molecular formula is C21H10N2O2. The second kappa shape index (κ2) is 4.65. The summed E-state index contributed by atoms with van der Waals surface area (Å²) < 4.78 is 0. The van der Waals surface area contributed by atoms with Crippen molar-refractivity contribution in [2.24, 2.45) is 0 Å². The van der Waals surface area contributed by atoms with Crippen molar-refractivity contribution in [1.82, 2.24) is 0 Å². The Morgan fingerprint density at radius 3 is 2.20 bits per heavy atom. The largest absolute Gasteiger partial charge is 0.277 e. The van der Waals surface area contributed by atoms with Gasteiger partial charge in [0.15, 0.2) is 0 Å². The number of nitro groups is 1. The Bertz CT molecular complexity index is 1380. The monoisotopic (exact) mass is 322 g/mol. The number of fused-ring (bicyclic) bond motifs is 2. The summed E-state index contributed by atoms with van der Waals surface area (Å²) in [6.07, 6.45) is 0. The van der Waals surface area contributed by atoms with Gasteiger partial charge in [-0.15, -0.1) is 0 Å². The normalized spacial score (nSPS) is 11.5. The van der Waals surface area contributed by atoms with Crippen LogP contribution in [-0.4, -0.2) is 4.92 Å². The molecule has 0 aliphatic rings. The fourth-order valence-electron chi connectivity index (χ4n) is 3.93. The average molecular weight is 322 g/mol. The van der Waals surface area contributed by atoms with E-state index in [-0.39, 0.29) is 10.6 Å². The van der Waals surface area contributed by atoms with Crippen LogP contribution in [0.5, 0.6) is 0 Å². The number of nitriles is 1. The van der Waals surface area contributed by atoms with Gasteiger partial charge in [-0.1, -0.05) is 42.5 Å². The molecule has 0 N–H and O–H groups in total. The highest BCUT2D eigenvalue weighted by Crippen LogP contribution is 2.42. The second-order valence-corrected chi connectivity index (χ2v) is 6.12. The topological polar surface area (TPSA) is 66.9 Å². The summed E-state index contributed by atoms with van der Waals surface area (Å²) >= 11 is 0. The Kier molecular flexibility index (Phi) is 2.55. The van der Waals surface area contributed by atoms with Crippen molar-refractivity contribution in [2.45, 2.75) is 0 Å². The Morgan fingerprint density at radius 1 is 0.760 bits per heavy atom. The molecule has 116 valence electrons. The van der Waals surface area contributed by atoms with Crippen LogP contribution < -0.4 is 0 Å². The number of nitro benzene ring substituents is 1. The number of hydrogen-bond acceptors (Lipinski definition) is 3. The summed E-state index contributed by atoms with van der Waals surface area (Å²) in [7, 11) is 0. The highest BCUT2D eigenvalue weighted by molar-refractivity contribution is 6.31. The maximum atomic E-state index is 11.4. The highest BCUT2D eigenvalue weighted by atomic mass is 16.6. The first-order valence-electron chi connectivity index (χ1n) is 7.87. The van der Waals surface area contributed by atoms with Crippen LogP contribution in [0.4, 0.5) is 5.69 Å². The molecule has 0 amide bonds. The lowest BCUT2D eigenvalue weighted by Crippen LogP contribution is -1.93. The van der Waals surface area contributed by atoms with E-state index in [9.17, 15) is 15.4 Å². The minimum absolute atomic E-state index is 0.0913. The third-order valence-electron chi connectivity index (χ3n) is 4.95. The van der Waals surface area contributed by atoms with Gasteiger partial charge in [0.2, 0.25) is 0 Å². The molecule has 0 heterocycles. The van der Waals surface area contributed by atoms with Gasteiger partial charge in [-0.2, -0.15) is 5.26 Å². The second-order valence-electron chi connectivity index (χ2n) is 6.12. The van der Waals surface area contributed by atoms with Crippen molar-refractivity contribution in [3.63, 3.8) is 0 Å². The number of nitrogens with zero attached hydrogens (tertiary/aromatic N) is 2. The fourth-order valence-corrected chi connectivity index (χ4v) is 3.93. The van der Waals surface area contributed by atoms with Crippen molar-refractivity contribution in [2.75, 3.05) is 0 Å². The third-order valence-corrected chi connectivity index (χ3v) is 4.95. The molecule has 0 spiro atoms. The van der Waals surface area contributed by atoms with Crippen LogP contribution >= 0.6 is 0 Å². The molecule has 0 radical (unpaired) electrons. The molecule has 0 aliphatic heterocycles. The van der Waals surface area contributed by atoms with Crippen LogP contribution in [0, 0.1) is 21.4 Å². The summed E-state index contributed by atoms with van der Waals surface area (Å²) in [5.41, 5.74) is 0.706. The van der Waals surface area contributed by atoms with E-state index in [4.69, 9.17) is 0 Å². The Morgan fingerprint density at radius 2 is 1.44 bits per heavy atom. The number of hydrogen-bond donors (Lipinski definition) is 0. The predicted molar refractivity (Wildman–Crippen MR) is 99.0 cm³/mol. The minimum atomic E-state index is -0.352. The van der Waals surface area contributed by atoms with E-state index in [1.54, 1.807) is 12.1 Å². The molecule has 0 aromatic heterocycles. The molecule has 5 rings (SSSR count). The third kappa shape index (κ3) is 1.64. The summed E-state index contributed by atoms with van der Waals surface area (Å²) in [5, 5.41) is 28.3.